The lowest BCUT2D eigenvalue weighted by Gasteiger charge is -2.39. The number of hydrogen-bond acceptors (Lipinski definition) is 4. The van der Waals surface area contributed by atoms with Crippen molar-refractivity contribution in [2.45, 2.75) is 128 Å². The first kappa shape index (κ1) is 23.9. The van der Waals surface area contributed by atoms with Crippen molar-refractivity contribution in [3.8, 4) is 0 Å². The molecule has 1 aliphatic heterocycles. The maximum Gasteiger partial charge on any atom is 0.111 e. The predicted octanol–water partition coefficient (Wildman–Crippen LogP) is 4.59. The molecule has 3 N–H and O–H groups in total. The Morgan fingerprint density at radius 1 is 0.731 bits per heavy atom. The molecule has 0 amide bonds. The number of aliphatic hydroxyl groups is 3. The molecule has 1 aliphatic rings. The van der Waals surface area contributed by atoms with Crippen LogP contribution in [0.5, 0.6) is 0 Å². The number of aliphatic hydroxyl groups excluding tert-OH is 3. The highest BCUT2D eigenvalue weighted by molar-refractivity contribution is 4.89. The van der Waals surface area contributed by atoms with Gasteiger partial charge in [0, 0.05) is 0 Å². The van der Waals surface area contributed by atoms with Gasteiger partial charge in [-0.15, -0.1) is 0 Å². The normalized spacial score (nSPS) is 27.6. The second-order valence-corrected chi connectivity index (χ2v) is 8.19. The van der Waals surface area contributed by atoms with Gasteiger partial charge in [0.05, 0.1) is 12.7 Å². The Morgan fingerprint density at radius 2 is 1.23 bits per heavy atom. The van der Waals surface area contributed by atoms with Crippen LogP contribution in [0, 0.1) is 5.92 Å². The van der Waals surface area contributed by atoms with E-state index < -0.39 is 18.3 Å². The lowest BCUT2D eigenvalue weighted by atomic mass is 9.85. The Morgan fingerprint density at radius 3 is 1.73 bits per heavy atom. The first-order valence-electron chi connectivity index (χ1n) is 11.3. The van der Waals surface area contributed by atoms with E-state index in [1.807, 2.05) is 0 Å². The second-order valence-electron chi connectivity index (χ2n) is 8.19. The Hall–Kier alpha value is -0.160. The minimum absolute atomic E-state index is 0.123. The van der Waals surface area contributed by atoms with Crippen LogP contribution in [0.1, 0.15) is 104 Å². The van der Waals surface area contributed by atoms with Gasteiger partial charge in [0.2, 0.25) is 0 Å². The molecule has 0 aliphatic carbocycles. The zero-order chi connectivity index (χ0) is 19.2. The summed E-state index contributed by atoms with van der Waals surface area (Å²) in [5.41, 5.74) is 0. The minimum atomic E-state index is -1.08. The van der Waals surface area contributed by atoms with Crippen LogP contribution in [0.25, 0.3) is 0 Å². The van der Waals surface area contributed by atoms with E-state index in [2.05, 4.69) is 13.8 Å². The smallest absolute Gasteiger partial charge is 0.111 e. The molecule has 1 heterocycles. The van der Waals surface area contributed by atoms with E-state index >= 15 is 0 Å². The first-order valence-corrected chi connectivity index (χ1v) is 11.3. The highest BCUT2D eigenvalue weighted by atomic mass is 16.5. The van der Waals surface area contributed by atoms with Gasteiger partial charge in [-0.1, -0.05) is 97.3 Å². The van der Waals surface area contributed by atoms with E-state index in [9.17, 15) is 15.3 Å². The lowest BCUT2D eigenvalue weighted by molar-refractivity contribution is -0.201. The third kappa shape index (κ3) is 9.16. The average Bonchev–Trinajstić information content (AvgIpc) is 2.65. The Kier molecular flexibility index (Phi) is 13.6. The first-order chi connectivity index (χ1) is 12.6. The van der Waals surface area contributed by atoms with E-state index in [0.717, 1.165) is 19.3 Å². The Labute approximate surface area is 161 Å². The summed E-state index contributed by atoms with van der Waals surface area (Å²) in [7, 11) is 0. The van der Waals surface area contributed by atoms with Gasteiger partial charge in [0.1, 0.15) is 18.3 Å². The Bertz CT molecular complexity index is 323. The molecule has 5 atom stereocenters. The molecule has 0 aromatic carbocycles. The number of hydrogen-bond donors (Lipinski definition) is 3. The number of rotatable bonds is 15. The van der Waals surface area contributed by atoms with Gasteiger partial charge in [-0.25, -0.2) is 0 Å². The van der Waals surface area contributed by atoms with Gasteiger partial charge in [0.15, 0.2) is 0 Å². The second kappa shape index (κ2) is 14.8. The quantitative estimate of drug-likeness (QED) is 0.368. The summed E-state index contributed by atoms with van der Waals surface area (Å²) in [6.45, 7) is 4.50. The molecule has 0 spiro atoms. The highest BCUT2D eigenvalue weighted by Gasteiger charge is 2.40. The maximum absolute atomic E-state index is 10.2. The van der Waals surface area contributed by atoms with Crippen molar-refractivity contribution in [2.24, 2.45) is 5.92 Å². The van der Waals surface area contributed by atoms with Crippen molar-refractivity contribution in [2.75, 3.05) is 6.61 Å². The molecule has 156 valence electrons. The summed E-state index contributed by atoms with van der Waals surface area (Å²) < 4.78 is 5.62. The van der Waals surface area contributed by atoms with Crippen molar-refractivity contribution in [1.82, 2.24) is 0 Å². The molecule has 0 aromatic rings. The summed E-state index contributed by atoms with van der Waals surface area (Å²) in [4.78, 5) is 0. The SMILES string of the molecule is CCCCCCCCCCCCCCC(CC)[C@@H]1OC[C@@H](O)[C@H](O)[C@H]1O. The molecule has 0 saturated carbocycles. The molecule has 4 nitrogen and oxygen atoms in total. The van der Waals surface area contributed by atoms with Gasteiger partial charge in [-0.05, 0) is 12.3 Å². The summed E-state index contributed by atoms with van der Waals surface area (Å²) in [5, 5.41) is 29.6. The minimum Gasteiger partial charge on any atom is -0.388 e. The van der Waals surface area contributed by atoms with Gasteiger partial charge in [-0.3, -0.25) is 0 Å². The van der Waals surface area contributed by atoms with Crippen LogP contribution in [-0.2, 0) is 4.74 Å². The van der Waals surface area contributed by atoms with E-state index in [0.29, 0.717) is 0 Å². The standard InChI is InChI=1S/C22H44O4/c1-3-5-6-7-8-9-10-11-12-13-14-15-16-18(4-2)22-21(25)20(24)19(23)17-26-22/h18-25H,3-17H2,1-2H3/t18?,19-,20+,21-,22+/m1/s1. The van der Waals surface area contributed by atoms with Crippen LogP contribution in [0.3, 0.4) is 0 Å². The van der Waals surface area contributed by atoms with Crippen LogP contribution in [0.4, 0.5) is 0 Å². The summed E-state index contributed by atoms with van der Waals surface area (Å²) in [6.07, 6.45) is 14.7. The zero-order valence-corrected chi connectivity index (χ0v) is 17.2. The van der Waals surface area contributed by atoms with Crippen molar-refractivity contribution >= 4 is 0 Å². The lowest BCUT2D eigenvalue weighted by Crippen LogP contribution is -2.55. The fraction of sp³-hybridized carbons (Fsp3) is 1.00. The van der Waals surface area contributed by atoms with Crippen LogP contribution in [-0.4, -0.2) is 46.3 Å². The topological polar surface area (TPSA) is 69.9 Å². The van der Waals surface area contributed by atoms with Crippen LogP contribution in [0.15, 0.2) is 0 Å². The molecule has 1 saturated heterocycles. The summed E-state index contributed by atoms with van der Waals surface area (Å²) in [5.74, 6) is 0.260. The third-order valence-corrected chi connectivity index (χ3v) is 5.96. The van der Waals surface area contributed by atoms with Crippen molar-refractivity contribution in [1.29, 1.82) is 0 Å². The van der Waals surface area contributed by atoms with Crippen molar-refractivity contribution in [3.63, 3.8) is 0 Å². The van der Waals surface area contributed by atoms with Crippen molar-refractivity contribution < 1.29 is 20.1 Å². The molecule has 0 radical (unpaired) electrons. The zero-order valence-electron chi connectivity index (χ0n) is 17.2. The number of unbranched alkanes of at least 4 members (excludes halogenated alkanes) is 11. The fourth-order valence-corrected chi connectivity index (χ4v) is 4.09. The van der Waals surface area contributed by atoms with E-state index in [1.54, 1.807) is 0 Å². The van der Waals surface area contributed by atoms with Gasteiger partial charge < -0.3 is 20.1 Å². The van der Waals surface area contributed by atoms with Crippen LogP contribution < -0.4 is 0 Å². The van der Waals surface area contributed by atoms with Gasteiger partial charge in [0.25, 0.3) is 0 Å². The molecule has 1 unspecified atom stereocenters. The highest BCUT2D eigenvalue weighted by Crippen LogP contribution is 2.28. The monoisotopic (exact) mass is 372 g/mol. The third-order valence-electron chi connectivity index (χ3n) is 5.96. The summed E-state index contributed by atoms with van der Waals surface area (Å²) in [6, 6.07) is 0. The maximum atomic E-state index is 10.2. The van der Waals surface area contributed by atoms with Crippen LogP contribution >= 0.6 is 0 Å². The molecule has 0 bridgehead atoms. The molecular formula is C22H44O4. The van der Waals surface area contributed by atoms with Crippen molar-refractivity contribution in [3.05, 3.63) is 0 Å². The largest absolute Gasteiger partial charge is 0.388 e. The molecule has 26 heavy (non-hydrogen) atoms. The summed E-state index contributed by atoms with van der Waals surface area (Å²) >= 11 is 0. The van der Waals surface area contributed by atoms with Gasteiger partial charge >= 0.3 is 0 Å². The average molecular weight is 373 g/mol. The molecule has 4 heteroatoms. The predicted molar refractivity (Wildman–Crippen MR) is 107 cm³/mol. The van der Waals surface area contributed by atoms with E-state index in [4.69, 9.17) is 4.74 Å². The van der Waals surface area contributed by atoms with Gasteiger partial charge in [-0.2, -0.15) is 0 Å². The molecule has 1 fully saturated rings. The molecule has 1 rings (SSSR count). The number of ether oxygens (including phenoxy) is 1. The molecule has 0 aromatic heterocycles. The van der Waals surface area contributed by atoms with E-state index in [-0.39, 0.29) is 18.6 Å². The molecular weight excluding hydrogens is 328 g/mol. The van der Waals surface area contributed by atoms with E-state index in [1.165, 1.54) is 70.6 Å². The fourth-order valence-electron chi connectivity index (χ4n) is 4.09. The Balaban J connectivity index is 2.02. The van der Waals surface area contributed by atoms with Crippen LogP contribution in [0.2, 0.25) is 0 Å².